The summed E-state index contributed by atoms with van der Waals surface area (Å²) in [5.74, 6) is -4.24. The topological polar surface area (TPSA) is 134 Å². The van der Waals surface area contributed by atoms with E-state index in [1.54, 1.807) is 10.6 Å². The van der Waals surface area contributed by atoms with Crippen LogP contribution in [0.15, 0.2) is 42.5 Å². The molecule has 0 radical (unpaired) electrons. The van der Waals surface area contributed by atoms with Crippen LogP contribution in [-0.2, 0) is 29.8 Å². The third-order valence-electron chi connectivity index (χ3n) is 8.84. The number of piperidine rings is 1. The monoisotopic (exact) mass is 605 g/mol. The van der Waals surface area contributed by atoms with Crippen LogP contribution in [0.3, 0.4) is 0 Å². The zero-order chi connectivity index (χ0) is 30.8. The molecular weight excluding hydrogens is 579 g/mol. The summed E-state index contributed by atoms with van der Waals surface area (Å²) in [5.41, 5.74) is 0.562. The minimum Gasteiger partial charge on any atom is -0.484 e. The predicted molar refractivity (Wildman–Crippen MR) is 147 cm³/mol. The maximum absolute atomic E-state index is 15.0. The van der Waals surface area contributed by atoms with Crippen LogP contribution in [0.25, 0.3) is 11.0 Å². The van der Waals surface area contributed by atoms with Crippen molar-refractivity contribution in [2.75, 3.05) is 19.7 Å². The molecule has 2 saturated heterocycles. The maximum Gasteiger partial charge on any atom is 0.335 e. The lowest BCUT2D eigenvalue weighted by Gasteiger charge is -2.37. The molecule has 2 N–H and O–H groups in total. The number of ether oxygens (including phenoxy) is 2. The van der Waals surface area contributed by atoms with Gasteiger partial charge in [0.05, 0.1) is 42.4 Å². The molecular formula is C31H26F3N5O5. The molecule has 0 unspecified atom stereocenters. The Hall–Kier alpha value is -4.51. The van der Waals surface area contributed by atoms with E-state index in [2.05, 4.69) is 14.9 Å². The molecule has 3 fully saturated rings. The largest absolute Gasteiger partial charge is 0.484 e. The van der Waals surface area contributed by atoms with Gasteiger partial charge in [-0.3, -0.25) is 9.88 Å². The highest BCUT2D eigenvalue weighted by atomic mass is 19.1. The Bertz CT molecular complexity index is 1870. The van der Waals surface area contributed by atoms with Gasteiger partial charge in [-0.05, 0) is 54.8 Å². The average Bonchev–Trinajstić information content (AvgIpc) is 3.38. The van der Waals surface area contributed by atoms with Gasteiger partial charge < -0.3 is 24.3 Å². The number of hydrogen-bond acceptors (Lipinski definition) is 8. The van der Waals surface area contributed by atoms with Crippen molar-refractivity contribution >= 4 is 17.0 Å². The van der Waals surface area contributed by atoms with Crippen LogP contribution in [0.1, 0.15) is 46.0 Å². The Kier molecular flexibility index (Phi) is 6.61. The van der Waals surface area contributed by atoms with E-state index in [-0.39, 0.29) is 58.1 Å². The number of benzene rings is 2. The third-order valence-corrected chi connectivity index (χ3v) is 8.84. The molecule has 4 aromatic rings. The molecule has 1 aliphatic carbocycles. The molecule has 2 aromatic carbocycles. The second-order valence-electron chi connectivity index (χ2n) is 11.7. The Morgan fingerprint density at radius 3 is 2.66 bits per heavy atom. The highest BCUT2D eigenvalue weighted by Crippen LogP contribution is 2.58. The van der Waals surface area contributed by atoms with E-state index in [1.165, 1.54) is 24.3 Å². The summed E-state index contributed by atoms with van der Waals surface area (Å²) in [7, 11) is 0. The molecule has 44 heavy (non-hydrogen) atoms. The van der Waals surface area contributed by atoms with Crippen molar-refractivity contribution in [2.45, 2.75) is 43.7 Å². The molecule has 0 bridgehead atoms. The Morgan fingerprint density at radius 2 is 1.95 bits per heavy atom. The minimum atomic E-state index is -1.45. The van der Waals surface area contributed by atoms with E-state index in [4.69, 9.17) is 14.7 Å². The summed E-state index contributed by atoms with van der Waals surface area (Å²) >= 11 is 0. The molecule has 4 heterocycles. The first-order chi connectivity index (χ1) is 21.1. The number of pyridine rings is 1. The van der Waals surface area contributed by atoms with Crippen molar-refractivity contribution in [2.24, 2.45) is 5.92 Å². The second-order valence-corrected chi connectivity index (χ2v) is 11.7. The number of carbonyl (C=O) groups is 1. The number of aromatic carboxylic acids is 1. The number of nitrogens with zero attached hydrogens (tertiary/aromatic N) is 5. The van der Waals surface area contributed by atoms with Gasteiger partial charge in [0.25, 0.3) is 0 Å². The molecule has 0 amide bonds. The first kappa shape index (κ1) is 28.3. The molecule has 13 heteroatoms. The van der Waals surface area contributed by atoms with Crippen LogP contribution < -0.4 is 4.74 Å². The Morgan fingerprint density at radius 1 is 1.14 bits per heavy atom. The molecule has 0 spiro atoms. The zero-order valence-corrected chi connectivity index (χ0v) is 23.3. The van der Waals surface area contributed by atoms with Crippen molar-refractivity contribution in [1.82, 2.24) is 19.4 Å². The third kappa shape index (κ3) is 4.85. The summed E-state index contributed by atoms with van der Waals surface area (Å²) in [5, 5.41) is 29.1. The standard InChI is InChI=1S/C31H26F3N5O5/c32-20-2-4-26(36-23(20)14-43-25-3-1-17(11-35)7-21(25)33)30-10-19(30)12-38(15-30)13-27-37-28-22(34)8-18(29(40)41)9-24(28)39(27)16-31(42)5-6-44-31/h1-4,7-9,19,42H,5-6,10,12-16H2,(H,40,41)/t19-,30-,31-/m1/s1. The SMILES string of the molecule is N#Cc1ccc(OCc2nc([C@@]34C[C@@H]3CN(Cc3nc5c(F)cc(C(=O)O)cc5n3C[C@@]3(O)CCO3)C4)ccc2F)c(F)c1. The highest BCUT2D eigenvalue weighted by molar-refractivity contribution is 5.92. The molecule has 1 saturated carbocycles. The van der Waals surface area contributed by atoms with Crippen LogP contribution in [0, 0.1) is 34.7 Å². The molecule has 3 atom stereocenters. The second kappa shape index (κ2) is 10.3. The number of likely N-dealkylation sites (tertiary alicyclic amines) is 1. The van der Waals surface area contributed by atoms with Crippen LogP contribution in [0.4, 0.5) is 13.2 Å². The van der Waals surface area contributed by atoms with Gasteiger partial charge in [-0.25, -0.2) is 22.9 Å². The summed E-state index contributed by atoms with van der Waals surface area (Å²) in [4.78, 5) is 22.8. The van der Waals surface area contributed by atoms with Gasteiger partial charge in [0.15, 0.2) is 23.2 Å². The summed E-state index contributed by atoms with van der Waals surface area (Å²) in [6.07, 6.45) is 1.22. The summed E-state index contributed by atoms with van der Waals surface area (Å²) in [6.45, 7) is 1.57. The van der Waals surface area contributed by atoms with Crippen LogP contribution in [0.2, 0.25) is 0 Å². The van der Waals surface area contributed by atoms with Gasteiger partial charge in [0, 0.05) is 30.6 Å². The Labute approximate surface area is 248 Å². The number of carboxylic acid groups (broad SMARTS) is 1. The lowest BCUT2D eigenvalue weighted by Crippen LogP contribution is -2.47. The van der Waals surface area contributed by atoms with Crippen LogP contribution in [0.5, 0.6) is 5.75 Å². The van der Waals surface area contributed by atoms with Gasteiger partial charge in [0.1, 0.15) is 29.5 Å². The van der Waals surface area contributed by atoms with E-state index < -0.39 is 29.2 Å². The molecule has 226 valence electrons. The molecule has 2 aliphatic heterocycles. The number of hydrogen-bond donors (Lipinski definition) is 2. The predicted octanol–water partition coefficient (Wildman–Crippen LogP) is 3.88. The normalized spacial score (nSPS) is 24.1. The van der Waals surface area contributed by atoms with Gasteiger partial charge in [-0.2, -0.15) is 5.26 Å². The quantitative estimate of drug-likeness (QED) is 0.292. The van der Waals surface area contributed by atoms with Crippen molar-refractivity contribution in [3.63, 3.8) is 0 Å². The van der Waals surface area contributed by atoms with Crippen LogP contribution >= 0.6 is 0 Å². The number of aromatic nitrogens is 3. The number of fused-ring (bicyclic) bond motifs is 2. The lowest BCUT2D eigenvalue weighted by molar-refractivity contribution is -0.288. The highest BCUT2D eigenvalue weighted by Gasteiger charge is 2.61. The Balaban J connectivity index is 1.12. The molecule has 10 nitrogen and oxygen atoms in total. The molecule has 2 aromatic heterocycles. The summed E-state index contributed by atoms with van der Waals surface area (Å²) < 4.78 is 56.4. The van der Waals surface area contributed by atoms with Gasteiger partial charge in [0.2, 0.25) is 0 Å². The number of carboxylic acids is 1. The molecule has 7 rings (SSSR count). The number of rotatable bonds is 9. The van der Waals surface area contributed by atoms with Gasteiger partial charge in [-0.15, -0.1) is 0 Å². The van der Waals surface area contributed by atoms with E-state index in [0.29, 0.717) is 44.2 Å². The van der Waals surface area contributed by atoms with Crippen molar-refractivity contribution < 1.29 is 37.7 Å². The molecule has 3 aliphatic rings. The number of nitriles is 1. The summed E-state index contributed by atoms with van der Waals surface area (Å²) in [6, 6.07) is 10.9. The van der Waals surface area contributed by atoms with Crippen molar-refractivity contribution in [3.8, 4) is 11.8 Å². The zero-order valence-electron chi connectivity index (χ0n) is 23.3. The van der Waals surface area contributed by atoms with Gasteiger partial charge in [-0.1, -0.05) is 0 Å². The average molecular weight is 606 g/mol. The van der Waals surface area contributed by atoms with Crippen molar-refractivity contribution in [3.05, 3.63) is 88.3 Å². The fourth-order valence-electron chi connectivity index (χ4n) is 6.36. The number of halogens is 3. The first-order valence-corrected chi connectivity index (χ1v) is 14.1. The van der Waals surface area contributed by atoms with Crippen LogP contribution in [-0.4, -0.2) is 61.1 Å². The number of aliphatic hydroxyl groups is 1. The smallest absolute Gasteiger partial charge is 0.335 e. The van der Waals surface area contributed by atoms with E-state index >= 15 is 0 Å². The maximum atomic E-state index is 15.0. The van der Waals surface area contributed by atoms with Crippen molar-refractivity contribution in [1.29, 1.82) is 5.26 Å². The fraction of sp³-hybridized carbons (Fsp3) is 0.355. The minimum absolute atomic E-state index is 0.00976. The fourth-order valence-corrected chi connectivity index (χ4v) is 6.36. The first-order valence-electron chi connectivity index (χ1n) is 14.1. The van der Waals surface area contributed by atoms with Gasteiger partial charge >= 0.3 is 5.97 Å². The van der Waals surface area contributed by atoms with E-state index in [0.717, 1.165) is 18.6 Å². The lowest BCUT2D eigenvalue weighted by atomic mass is 10.0. The van der Waals surface area contributed by atoms with E-state index in [9.17, 15) is 28.2 Å². The van der Waals surface area contributed by atoms with E-state index in [1.807, 2.05) is 6.07 Å². The number of imidazole rings is 1.